The summed E-state index contributed by atoms with van der Waals surface area (Å²) in [5.74, 6) is -0.232. The molecule has 1 unspecified atom stereocenters. The van der Waals surface area contributed by atoms with Crippen LogP contribution in [0, 0.1) is 0 Å². The molecule has 206 valence electrons. The Kier molecular flexibility index (Phi) is 10.1. The Morgan fingerprint density at radius 1 is 0.897 bits per heavy atom. The maximum atomic E-state index is 13.4. The van der Waals surface area contributed by atoms with Crippen LogP contribution in [0.25, 0.3) is 0 Å². The molecule has 6 heteroatoms. The molecule has 39 heavy (non-hydrogen) atoms. The van der Waals surface area contributed by atoms with Crippen molar-refractivity contribution in [2.75, 3.05) is 24.6 Å². The van der Waals surface area contributed by atoms with Gasteiger partial charge in [-0.25, -0.2) is 0 Å². The Morgan fingerprint density at radius 3 is 2.26 bits per heavy atom. The van der Waals surface area contributed by atoms with Crippen LogP contribution >= 0.6 is 11.8 Å². The van der Waals surface area contributed by atoms with E-state index in [9.17, 15) is 9.59 Å². The fourth-order valence-electron chi connectivity index (χ4n) is 5.04. The largest absolute Gasteiger partial charge is 0.465 e. The smallest absolute Gasteiger partial charge is 0.321 e. The van der Waals surface area contributed by atoms with Gasteiger partial charge in [0, 0.05) is 23.7 Å². The minimum absolute atomic E-state index is 0.00312. The Bertz CT molecular complexity index is 1220. The van der Waals surface area contributed by atoms with E-state index < -0.39 is 4.75 Å². The summed E-state index contributed by atoms with van der Waals surface area (Å²) in [5, 5.41) is 3.36. The summed E-state index contributed by atoms with van der Waals surface area (Å²) in [6.45, 7) is 8.03. The summed E-state index contributed by atoms with van der Waals surface area (Å²) in [6, 6.07) is 26.6. The molecule has 0 saturated carbocycles. The van der Waals surface area contributed by atoms with Crippen molar-refractivity contribution >= 4 is 29.3 Å². The molecule has 1 aliphatic rings. The number of nitrogens with zero attached hydrogens (tertiary/aromatic N) is 1. The highest BCUT2D eigenvalue weighted by Gasteiger charge is 2.30. The van der Waals surface area contributed by atoms with Gasteiger partial charge in [-0.1, -0.05) is 60.7 Å². The van der Waals surface area contributed by atoms with Crippen LogP contribution < -0.4 is 10.2 Å². The molecule has 1 atom stereocenters. The van der Waals surface area contributed by atoms with Crippen LogP contribution in [0.1, 0.15) is 62.8 Å². The zero-order valence-electron chi connectivity index (χ0n) is 23.3. The van der Waals surface area contributed by atoms with Crippen molar-refractivity contribution in [2.45, 2.75) is 68.6 Å². The van der Waals surface area contributed by atoms with Gasteiger partial charge in [0.2, 0.25) is 5.91 Å². The zero-order chi connectivity index (χ0) is 27.7. The number of esters is 1. The number of carbonyl (C=O) groups is 2. The van der Waals surface area contributed by atoms with Gasteiger partial charge in [0.1, 0.15) is 4.75 Å². The van der Waals surface area contributed by atoms with Crippen LogP contribution in [0.15, 0.2) is 83.8 Å². The molecule has 1 fully saturated rings. The summed E-state index contributed by atoms with van der Waals surface area (Å²) in [7, 11) is 0. The number of amides is 1. The lowest BCUT2D eigenvalue weighted by Gasteiger charge is -2.33. The first-order chi connectivity index (χ1) is 18.9. The predicted octanol–water partition coefficient (Wildman–Crippen LogP) is 6.75. The van der Waals surface area contributed by atoms with Gasteiger partial charge in [-0.2, -0.15) is 0 Å². The maximum Gasteiger partial charge on any atom is 0.321 e. The number of nitrogens with one attached hydrogen (secondary N) is 1. The van der Waals surface area contributed by atoms with Gasteiger partial charge in [0.15, 0.2) is 0 Å². The van der Waals surface area contributed by atoms with Gasteiger partial charge < -0.3 is 15.0 Å². The third-order valence-electron chi connectivity index (χ3n) is 7.05. The van der Waals surface area contributed by atoms with Crippen molar-refractivity contribution < 1.29 is 14.3 Å². The highest BCUT2D eigenvalue weighted by atomic mass is 32.2. The van der Waals surface area contributed by atoms with E-state index in [0.717, 1.165) is 30.0 Å². The number of hydrogen-bond acceptors (Lipinski definition) is 5. The Balaban J connectivity index is 1.48. The second-order valence-corrected chi connectivity index (χ2v) is 12.3. The van der Waals surface area contributed by atoms with Crippen LogP contribution in [0.2, 0.25) is 0 Å². The number of carbonyl (C=O) groups excluding carboxylic acids is 2. The Hall–Kier alpha value is -3.25. The molecule has 0 aliphatic carbocycles. The molecule has 1 heterocycles. The van der Waals surface area contributed by atoms with Gasteiger partial charge in [0.25, 0.3) is 0 Å². The van der Waals surface area contributed by atoms with E-state index in [1.54, 1.807) is 0 Å². The van der Waals surface area contributed by atoms with Crippen molar-refractivity contribution in [3.63, 3.8) is 0 Å². The third kappa shape index (κ3) is 8.12. The zero-order valence-corrected chi connectivity index (χ0v) is 24.1. The number of rotatable bonds is 11. The Morgan fingerprint density at radius 2 is 1.56 bits per heavy atom. The average Bonchev–Trinajstić information content (AvgIpc) is 2.95. The predicted molar refractivity (Wildman–Crippen MR) is 160 cm³/mol. The lowest BCUT2D eigenvalue weighted by molar-refractivity contribution is -0.145. The molecule has 0 bridgehead atoms. The van der Waals surface area contributed by atoms with Crippen molar-refractivity contribution in [3.8, 4) is 0 Å². The summed E-state index contributed by atoms with van der Waals surface area (Å²) < 4.78 is 4.52. The number of para-hydroxylation sites is 1. The summed E-state index contributed by atoms with van der Waals surface area (Å²) in [4.78, 5) is 29.1. The first kappa shape index (κ1) is 28.8. The molecule has 0 spiro atoms. The minimum Gasteiger partial charge on any atom is -0.465 e. The quantitative estimate of drug-likeness (QED) is 0.214. The summed E-state index contributed by atoms with van der Waals surface area (Å²) >= 11 is 1.47. The van der Waals surface area contributed by atoms with Gasteiger partial charge in [0.05, 0.1) is 19.1 Å². The number of hydrogen-bond donors (Lipinski definition) is 1. The fraction of sp³-hybridized carbons (Fsp3) is 0.394. The topological polar surface area (TPSA) is 58.6 Å². The summed E-state index contributed by atoms with van der Waals surface area (Å²) in [6.07, 6.45) is 4.71. The highest BCUT2D eigenvalue weighted by Crippen LogP contribution is 2.34. The van der Waals surface area contributed by atoms with Gasteiger partial charge in [-0.15, -0.1) is 11.8 Å². The second kappa shape index (κ2) is 13.7. The van der Waals surface area contributed by atoms with E-state index >= 15 is 0 Å². The average molecular weight is 545 g/mol. The molecule has 0 radical (unpaired) electrons. The molecule has 5 nitrogen and oxygen atoms in total. The molecule has 4 rings (SSSR count). The molecular weight excluding hydrogens is 504 g/mol. The van der Waals surface area contributed by atoms with Crippen molar-refractivity contribution in [1.29, 1.82) is 0 Å². The van der Waals surface area contributed by atoms with E-state index in [1.165, 1.54) is 47.8 Å². The number of anilines is 1. The molecule has 1 aliphatic heterocycles. The van der Waals surface area contributed by atoms with Crippen LogP contribution in [0.4, 0.5) is 5.69 Å². The number of ether oxygens (including phenoxy) is 1. The van der Waals surface area contributed by atoms with Crippen molar-refractivity contribution in [3.05, 3.63) is 95.6 Å². The highest BCUT2D eigenvalue weighted by molar-refractivity contribution is 8.01. The van der Waals surface area contributed by atoms with E-state index in [0.29, 0.717) is 13.0 Å². The monoisotopic (exact) mass is 544 g/mol. The molecule has 1 amide bonds. The van der Waals surface area contributed by atoms with Crippen LogP contribution in [0.5, 0.6) is 0 Å². The normalized spacial score (nSPS) is 14.5. The number of thioether (sulfide) groups is 1. The molecular formula is C33H40N2O3S. The Labute approximate surface area is 237 Å². The first-order valence-electron chi connectivity index (χ1n) is 14.0. The number of piperidine rings is 1. The second-order valence-electron chi connectivity index (χ2n) is 10.6. The SMILES string of the molecule is CCOC(=O)C(C)(C)Sc1ccc(CC(=O)NC(Cc2ccccc2)c2ccccc2N2CCCCC2)cc1. The van der Waals surface area contributed by atoms with E-state index in [4.69, 9.17) is 4.74 Å². The molecule has 3 aromatic rings. The van der Waals surface area contributed by atoms with Crippen molar-refractivity contribution in [2.24, 2.45) is 0 Å². The van der Waals surface area contributed by atoms with Gasteiger partial charge in [-0.3, -0.25) is 9.59 Å². The van der Waals surface area contributed by atoms with Crippen LogP contribution in [0.3, 0.4) is 0 Å². The van der Waals surface area contributed by atoms with E-state index in [1.807, 2.05) is 63.2 Å². The molecule has 1 saturated heterocycles. The van der Waals surface area contributed by atoms with Gasteiger partial charge in [-0.05, 0) is 81.3 Å². The first-order valence-corrected chi connectivity index (χ1v) is 14.8. The van der Waals surface area contributed by atoms with E-state index in [2.05, 4.69) is 46.6 Å². The number of benzene rings is 3. The minimum atomic E-state index is -0.679. The maximum absolute atomic E-state index is 13.4. The van der Waals surface area contributed by atoms with Crippen LogP contribution in [-0.4, -0.2) is 36.3 Å². The lowest BCUT2D eigenvalue weighted by Crippen LogP contribution is -2.35. The standard InChI is InChI=1S/C33H40N2O3S/c1-4-38-32(37)33(2,3)39-27-19-17-26(18-20-27)24-31(36)34-29(23-25-13-7-5-8-14-25)28-15-9-10-16-30(28)35-21-11-6-12-22-35/h5,7-10,13-20,29H,4,6,11-12,21-24H2,1-3H3,(H,34,36). The van der Waals surface area contributed by atoms with E-state index in [-0.39, 0.29) is 17.9 Å². The molecule has 1 N–H and O–H groups in total. The van der Waals surface area contributed by atoms with Crippen LogP contribution in [-0.2, 0) is 27.2 Å². The van der Waals surface area contributed by atoms with Crippen molar-refractivity contribution in [1.82, 2.24) is 5.32 Å². The third-order valence-corrected chi connectivity index (χ3v) is 8.24. The summed E-state index contributed by atoms with van der Waals surface area (Å²) in [5.41, 5.74) is 4.53. The molecule has 3 aromatic carbocycles. The fourth-order valence-corrected chi connectivity index (χ4v) is 6.04. The lowest BCUT2D eigenvalue weighted by atomic mass is 9.95. The molecule has 0 aromatic heterocycles. The van der Waals surface area contributed by atoms with Gasteiger partial charge >= 0.3 is 5.97 Å².